The van der Waals surface area contributed by atoms with E-state index in [1.54, 1.807) is 12.1 Å². The van der Waals surface area contributed by atoms with E-state index >= 15 is 0 Å². The first-order valence-electron chi connectivity index (χ1n) is 7.90. The number of halogens is 1. The first-order valence-corrected chi connectivity index (χ1v) is 8.28. The van der Waals surface area contributed by atoms with E-state index in [-0.39, 0.29) is 18.5 Å². The topological polar surface area (TPSA) is 60.9 Å². The summed E-state index contributed by atoms with van der Waals surface area (Å²) < 4.78 is 0. The largest absolute Gasteiger partial charge is 0.480 e. The van der Waals surface area contributed by atoms with Gasteiger partial charge in [-0.2, -0.15) is 0 Å². The molecule has 1 heterocycles. The predicted molar refractivity (Wildman–Crippen MR) is 89.6 cm³/mol. The van der Waals surface area contributed by atoms with E-state index in [9.17, 15) is 9.59 Å². The Morgan fingerprint density at radius 2 is 1.96 bits per heavy atom. The lowest BCUT2D eigenvalue weighted by Crippen LogP contribution is -2.37. The molecule has 5 nitrogen and oxygen atoms in total. The molecule has 0 bridgehead atoms. The van der Waals surface area contributed by atoms with E-state index in [2.05, 4.69) is 0 Å². The average molecular weight is 339 g/mol. The van der Waals surface area contributed by atoms with Gasteiger partial charge in [0.1, 0.15) is 0 Å². The van der Waals surface area contributed by atoms with E-state index in [4.69, 9.17) is 16.7 Å². The Kier molecular flexibility index (Phi) is 6.42. The van der Waals surface area contributed by atoms with Gasteiger partial charge in [-0.1, -0.05) is 23.7 Å². The minimum atomic E-state index is -0.813. The summed E-state index contributed by atoms with van der Waals surface area (Å²) in [6.45, 7) is 1.47. The Morgan fingerprint density at radius 3 is 2.61 bits per heavy atom. The number of rotatable bonds is 5. The summed E-state index contributed by atoms with van der Waals surface area (Å²) in [5.74, 6) is -0.693. The molecule has 2 rings (SSSR count). The van der Waals surface area contributed by atoms with Crippen molar-refractivity contribution in [3.05, 3.63) is 34.9 Å². The van der Waals surface area contributed by atoms with Crippen molar-refractivity contribution < 1.29 is 14.7 Å². The van der Waals surface area contributed by atoms with Crippen molar-refractivity contribution in [2.75, 3.05) is 26.7 Å². The van der Waals surface area contributed by atoms with Gasteiger partial charge in [0, 0.05) is 24.2 Å². The fraction of sp³-hybridized carbons (Fsp3) is 0.529. The van der Waals surface area contributed by atoms with Gasteiger partial charge in [-0.15, -0.1) is 0 Å². The highest BCUT2D eigenvalue weighted by molar-refractivity contribution is 6.30. The van der Waals surface area contributed by atoms with Crippen LogP contribution < -0.4 is 0 Å². The van der Waals surface area contributed by atoms with Crippen LogP contribution in [-0.4, -0.2) is 59.5 Å². The van der Waals surface area contributed by atoms with E-state index < -0.39 is 5.97 Å². The summed E-state index contributed by atoms with van der Waals surface area (Å²) in [7, 11) is 1.84. The number of hydrogen-bond acceptors (Lipinski definition) is 3. The molecule has 0 aromatic heterocycles. The Bertz CT molecular complexity index is 547. The van der Waals surface area contributed by atoms with Gasteiger partial charge < -0.3 is 10.0 Å². The Labute approximate surface area is 141 Å². The van der Waals surface area contributed by atoms with Gasteiger partial charge in [0.25, 0.3) is 0 Å². The maximum atomic E-state index is 12.4. The standard InChI is InChI=1S/C17H23ClN2O3/c1-19(12-17(22)23)15-3-2-9-20(10-8-15)16(21)11-13-4-6-14(18)7-5-13/h4-7,15H,2-3,8-12H2,1H3,(H,22,23)/t15-/m0/s1. The molecule has 1 atom stereocenters. The summed E-state index contributed by atoms with van der Waals surface area (Å²) in [6.07, 6.45) is 3.03. The van der Waals surface area contributed by atoms with Crippen molar-refractivity contribution in [1.82, 2.24) is 9.80 Å². The molecule has 1 aromatic rings. The molecule has 1 saturated heterocycles. The SMILES string of the molecule is CN(CC(=O)O)[C@H]1CCCN(C(=O)Cc2ccc(Cl)cc2)CC1. The molecular formula is C17H23ClN2O3. The summed E-state index contributed by atoms with van der Waals surface area (Å²) in [5, 5.41) is 9.56. The molecule has 0 saturated carbocycles. The molecule has 1 amide bonds. The number of carbonyl (C=O) groups is 2. The van der Waals surface area contributed by atoms with Crippen LogP contribution in [0.25, 0.3) is 0 Å². The zero-order valence-corrected chi connectivity index (χ0v) is 14.1. The highest BCUT2D eigenvalue weighted by Crippen LogP contribution is 2.17. The van der Waals surface area contributed by atoms with Crippen molar-refractivity contribution in [2.24, 2.45) is 0 Å². The lowest BCUT2D eigenvalue weighted by Gasteiger charge is -2.25. The van der Waals surface area contributed by atoms with E-state index in [0.717, 1.165) is 31.4 Å². The lowest BCUT2D eigenvalue weighted by atomic mass is 10.1. The molecule has 23 heavy (non-hydrogen) atoms. The van der Waals surface area contributed by atoms with Crippen LogP contribution in [0.4, 0.5) is 0 Å². The number of likely N-dealkylation sites (N-methyl/N-ethyl adjacent to an activating group) is 1. The van der Waals surface area contributed by atoms with Gasteiger partial charge in [-0.05, 0) is 44.0 Å². The Balaban J connectivity index is 1.88. The van der Waals surface area contributed by atoms with E-state index in [1.807, 2.05) is 29.0 Å². The zero-order valence-electron chi connectivity index (χ0n) is 13.4. The molecular weight excluding hydrogens is 316 g/mol. The molecule has 0 spiro atoms. The third kappa shape index (κ3) is 5.52. The number of amides is 1. The Hall–Kier alpha value is -1.59. The molecule has 0 aliphatic carbocycles. The highest BCUT2D eigenvalue weighted by Gasteiger charge is 2.23. The van der Waals surface area contributed by atoms with Crippen molar-refractivity contribution in [3.63, 3.8) is 0 Å². The predicted octanol–water partition coefficient (Wildman–Crippen LogP) is 2.28. The van der Waals surface area contributed by atoms with Crippen molar-refractivity contribution >= 4 is 23.5 Å². The second kappa shape index (κ2) is 8.31. The molecule has 1 fully saturated rings. The van der Waals surface area contributed by atoms with E-state index in [0.29, 0.717) is 18.0 Å². The average Bonchev–Trinajstić information content (AvgIpc) is 2.75. The number of benzene rings is 1. The van der Waals surface area contributed by atoms with Crippen LogP contribution >= 0.6 is 11.6 Å². The monoisotopic (exact) mass is 338 g/mol. The summed E-state index contributed by atoms with van der Waals surface area (Å²) >= 11 is 5.86. The van der Waals surface area contributed by atoms with E-state index in [1.165, 1.54) is 0 Å². The maximum Gasteiger partial charge on any atom is 0.317 e. The molecule has 126 valence electrons. The number of aliphatic carboxylic acids is 1. The third-order valence-corrected chi connectivity index (χ3v) is 4.58. The molecule has 0 radical (unpaired) electrons. The zero-order chi connectivity index (χ0) is 16.8. The van der Waals surface area contributed by atoms with Gasteiger partial charge in [-0.3, -0.25) is 14.5 Å². The number of hydrogen-bond donors (Lipinski definition) is 1. The van der Waals surface area contributed by atoms with Gasteiger partial charge in [-0.25, -0.2) is 0 Å². The number of carbonyl (C=O) groups excluding carboxylic acids is 1. The second-order valence-corrected chi connectivity index (χ2v) is 6.51. The maximum absolute atomic E-state index is 12.4. The third-order valence-electron chi connectivity index (χ3n) is 4.33. The minimum Gasteiger partial charge on any atom is -0.480 e. The number of carboxylic acid groups (broad SMARTS) is 1. The fourth-order valence-corrected chi connectivity index (χ4v) is 3.13. The van der Waals surface area contributed by atoms with Crippen LogP contribution in [0.3, 0.4) is 0 Å². The minimum absolute atomic E-state index is 0.0450. The summed E-state index contributed by atoms with van der Waals surface area (Å²) in [5.41, 5.74) is 0.961. The molecule has 0 unspecified atom stereocenters. The lowest BCUT2D eigenvalue weighted by molar-refractivity contribution is -0.138. The van der Waals surface area contributed by atoms with Crippen LogP contribution in [0.15, 0.2) is 24.3 Å². The molecule has 1 N–H and O–H groups in total. The van der Waals surface area contributed by atoms with Crippen LogP contribution in [0.1, 0.15) is 24.8 Å². The van der Waals surface area contributed by atoms with Crippen LogP contribution in [0.2, 0.25) is 5.02 Å². The molecule has 1 aromatic carbocycles. The molecule has 1 aliphatic heterocycles. The first kappa shape index (κ1) is 17.8. The molecule has 6 heteroatoms. The quantitative estimate of drug-likeness (QED) is 0.894. The van der Waals surface area contributed by atoms with Crippen LogP contribution in [-0.2, 0) is 16.0 Å². The molecule has 1 aliphatic rings. The summed E-state index contributed by atoms with van der Waals surface area (Å²) in [6, 6.07) is 7.56. The van der Waals surface area contributed by atoms with Crippen molar-refractivity contribution in [2.45, 2.75) is 31.7 Å². The summed E-state index contributed by atoms with van der Waals surface area (Å²) in [4.78, 5) is 27.0. The van der Waals surface area contributed by atoms with Crippen LogP contribution in [0.5, 0.6) is 0 Å². The van der Waals surface area contributed by atoms with Gasteiger partial charge in [0.15, 0.2) is 0 Å². The Morgan fingerprint density at radius 1 is 1.26 bits per heavy atom. The normalized spacial score (nSPS) is 18.7. The second-order valence-electron chi connectivity index (χ2n) is 6.08. The number of nitrogens with zero attached hydrogens (tertiary/aromatic N) is 2. The van der Waals surface area contributed by atoms with Crippen molar-refractivity contribution in [1.29, 1.82) is 0 Å². The van der Waals surface area contributed by atoms with Gasteiger partial charge >= 0.3 is 5.97 Å². The van der Waals surface area contributed by atoms with Gasteiger partial charge in [0.2, 0.25) is 5.91 Å². The van der Waals surface area contributed by atoms with Crippen LogP contribution in [0, 0.1) is 0 Å². The van der Waals surface area contributed by atoms with Gasteiger partial charge in [0.05, 0.1) is 13.0 Å². The fourth-order valence-electron chi connectivity index (χ4n) is 3.00. The highest BCUT2D eigenvalue weighted by atomic mass is 35.5. The number of likely N-dealkylation sites (tertiary alicyclic amines) is 1. The first-order chi connectivity index (χ1) is 11.0. The smallest absolute Gasteiger partial charge is 0.317 e. The number of carboxylic acids is 1. The van der Waals surface area contributed by atoms with Crippen molar-refractivity contribution in [3.8, 4) is 0 Å².